The summed E-state index contributed by atoms with van der Waals surface area (Å²) in [5.74, 6) is 0.621. The molecule has 2 aromatic rings. The van der Waals surface area contributed by atoms with Gasteiger partial charge >= 0.3 is 0 Å². The summed E-state index contributed by atoms with van der Waals surface area (Å²) in [6.07, 6.45) is 0.501. The largest absolute Gasteiger partial charge is 0.496 e. The fraction of sp³-hybridized carbons (Fsp3) is 0.350. The second-order valence-corrected chi connectivity index (χ2v) is 5.58. The second kappa shape index (κ2) is 9.08. The van der Waals surface area contributed by atoms with E-state index in [0.29, 0.717) is 6.54 Å². The van der Waals surface area contributed by atoms with Gasteiger partial charge in [-0.05, 0) is 18.1 Å². The molecule has 1 amide bonds. The van der Waals surface area contributed by atoms with E-state index >= 15 is 0 Å². The second-order valence-electron chi connectivity index (χ2n) is 5.58. The number of hydrogen-bond donors (Lipinski definition) is 1. The molecule has 2 aromatic carbocycles. The molecule has 0 saturated carbocycles. The van der Waals surface area contributed by atoms with E-state index < -0.39 is 0 Å². The lowest BCUT2D eigenvalue weighted by molar-refractivity contribution is -0.123. The van der Waals surface area contributed by atoms with E-state index in [0.717, 1.165) is 23.3 Å². The summed E-state index contributed by atoms with van der Waals surface area (Å²) >= 11 is 0. The zero-order valence-electron chi connectivity index (χ0n) is 14.5. The normalized spacial score (nSPS) is 13.1. The maximum Gasteiger partial charge on any atom is 0.227 e. The summed E-state index contributed by atoms with van der Waals surface area (Å²) in [6, 6.07) is 17.5. The summed E-state index contributed by atoms with van der Waals surface area (Å²) in [4.78, 5) is 12.6. The Morgan fingerprint density at radius 2 is 1.71 bits per heavy atom. The number of benzene rings is 2. The topological polar surface area (TPSA) is 47.6 Å². The van der Waals surface area contributed by atoms with Gasteiger partial charge in [-0.25, -0.2) is 0 Å². The molecular weight excluding hydrogens is 302 g/mol. The molecule has 4 heteroatoms. The molecule has 0 aliphatic carbocycles. The van der Waals surface area contributed by atoms with Crippen molar-refractivity contribution in [1.82, 2.24) is 5.32 Å². The minimum atomic E-state index is -0.252. The summed E-state index contributed by atoms with van der Waals surface area (Å²) in [7, 11) is 3.27. The minimum Gasteiger partial charge on any atom is -0.496 e. The van der Waals surface area contributed by atoms with Gasteiger partial charge in [-0.2, -0.15) is 0 Å². The number of para-hydroxylation sites is 1. The van der Waals surface area contributed by atoms with Crippen molar-refractivity contribution in [3.63, 3.8) is 0 Å². The fourth-order valence-corrected chi connectivity index (χ4v) is 2.83. The SMILES string of the molecule is CC[C@@H](C(=O)NC[C@H](OC)c1ccccc1OC)c1ccccc1. The van der Waals surface area contributed by atoms with Gasteiger partial charge in [-0.3, -0.25) is 4.79 Å². The highest BCUT2D eigenvalue weighted by molar-refractivity contribution is 5.83. The van der Waals surface area contributed by atoms with Gasteiger partial charge in [0.15, 0.2) is 0 Å². The molecule has 0 bridgehead atoms. The van der Waals surface area contributed by atoms with Crippen LogP contribution in [0.4, 0.5) is 0 Å². The molecule has 0 unspecified atom stereocenters. The van der Waals surface area contributed by atoms with Crippen LogP contribution in [0.1, 0.15) is 36.5 Å². The Labute approximate surface area is 143 Å². The number of ether oxygens (including phenoxy) is 2. The van der Waals surface area contributed by atoms with Crippen LogP contribution in [0.3, 0.4) is 0 Å². The zero-order valence-corrected chi connectivity index (χ0v) is 14.5. The molecule has 0 fully saturated rings. The predicted molar refractivity (Wildman–Crippen MR) is 95.2 cm³/mol. The molecule has 0 aliphatic rings. The van der Waals surface area contributed by atoms with E-state index in [1.165, 1.54) is 0 Å². The van der Waals surface area contributed by atoms with Gasteiger partial charge in [-0.15, -0.1) is 0 Å². The van der Waals surface area contributed by atoms with Crippen LogP contribution in [0.5, 0.6) is 5.75 Å². The number of nitrogens with one attached hydrogen (secondary N) is 1. The van der Waals surface area contributed by atoms with Crippen molar-refractivity contribution in [2.45, 2.75) is 25.4 Å². The van der Waals surface area contributed by atoms with Crippen LogP contribution in [0.2, 0.25) is 0 Å². The van der Waals surface area contributed by atoms with E-state index in [1.54, 1.807) is 14.2 Å². The van der Waals surface area contributed by atoms with Crippen LogP contribution >= 0.6 is 0 Å². The predicted octanol–water partition coefficient (Wildman–Crippen LogP) is 3.69. The van der Waals surface area contributed by atoms with E-state index in [-0.39, 0.29) is 17.9 Å². The molecule has 0 heterocycles. The Morgan fingerprint density at radius 3 is 2.33 bits per heavy atom. The summed E-state index contributed by atoms with van der Waals surface area (Å²) in [5, 5.41) is 3.01. The third kappa shape index (κ3) is 4.36. The molecule has 0 saturated heterocycles. The van der Waals surface area contributed by atoms with Crippen LogP contribution in [0.25, 0.3) is 0 Å². The highest BCUT2D eigenvalue weighted by atomic mass is 16.5. The molecule has 24 heavy (non-hydrogen) atoms. The first-order valence-corrected chi connectivity index (χ1v) is 8.19. The molecule has 4 nitrogen and oxygen atoms in total. The molecule has 128 valence electrons. The Balaban J connectivity index is 2.05. The third-order valence-electron chi connectivity index (χ3n) is 4.16. The summed E-state index contributed by atoms with van der Waals surface area (Å²) in [5.41, 5.74) is 1.96. The van der Waals surface area contributed by atoms with Crippen molar-refractivity contribution >= 4 is 5.91 Å². The number of hydrogen-bond acceptors (Lipinski definition) is 3. The Kier molecular flexibility index (Phi) is 6.82. The first kappa shape index (κ1) is 18.0. The van der Waals surface area contributed by atoms with Crippen molar-refractivity contribution in [3.8, 4) is 5.75 Å². The van der Waals surface area contributed by atoms with Crippen LogP contribution < -0.4 is 10.1 Å². The maximum atomic E-state index is 12.6. The molecule has 2 rings (SSSR count). The van der Waals surface area contributed by atoms with Crippen molar-refractivity contribution in [2.24, 2.45) is 0 Å². The Hall–Kier alpha value is -2.33. The fourth-order valence-electron chi connectivity index (χ4n) is 2.83. The average Bonchev–Trinajstić information content (AvgIpc) is 2.64. The lowest BCUT2D eigenvalue weighted by Crippen LogP contribution is -2.33. The van der Waals surface area contributed by atoms with Gasteiger partial charge in [0, 0.05) is 19.2 Å². The number of methoxy groups -OCH3 is 2. The molecule has 0 aliphatic heterocycles. The lowest BCUT2D eigenvalue weighted by Gasteiger charge is -2.21. The maximum absolute atomic E-state index is 12.6. The van der Waals surface area contributed by atoms with Crippen LogP contribution in [0, 0.1) is 0 Å². The van der Waals surface area contributed by atoms with Gasteiger partial charge < -0.3 is 14.8 Å². The highest BCUT2D eigenvalue weighted by Gasteiger charge is 2.21. The molecule has 0 radical (unpaired) electrons. The van der Waals surface area contributed by atoms with Crippen LogP contribution in [-0.4, -0.2) is 26.7 Å². The number of amides is 1. The minimum absolute atomic E-state index is 0.0145. The van der Waals surface area contributed by atoms with E-state index in [2.05, 4.69) is 5.32 Å². The Bertz CT molecular complexity index is 642. The number of carbonyl (C=O) groups excluding carboxylic acids is 1. The Morgan fingerprint density at radius 1 is 1.04 bits per heavy atom. The average molecular weight is 327 g/mol. The van der Waals surface area contributed by atoms with Crippen molar-refractivity contribution < 1.29 is 14.3 Å². The monoisotopic (exact) mass is 327 g/mol. The van der Waals surface area contributed by atoms with Crippen LogP contribution in [-0.2, 0) is 9.53 Å². The van der Waals surface area contributed by atoms with Crippen molar-refractivity contribution in [1.29, 1.82) is 0 Å². The molecular formula is C20H25NO3. The van der Waals surface area contributed by atoms with E-state index in [4.69, 9.17) is 9.47 Å². The quantitative estimate of drug-likeness (QED) is 0.804. The molecule has 0 aromatic heterocycles. The summed E-state index contributed by atoms with van der Waals surface area (Å²) in [6.45, 7) is 2.42. The van der Waals surface area contributed by atoms with E-state index in [1.807, 2.05) is 61.5 Å². The zero-order chi connectivity index (χ0) is 17.4. The van der Waals surface area contributed by atoms with E-state index in [9.17, 15) is 4.79 Å². The number of carbonyl (C=O) groups is 1. The summed E-state index contributed by atoms with van der Waals surface area (Å²) < 4.78 is 10.9. The lowest BCUT2D eigenvalue weighted by atomic mass is 9.95. The van der Waals surface area contributed by atoms with Gasteiger partial charge in [0.05, 0.1) is 13.0 Å². The smallest absolute Gasteiger partial charge is 0.227 e. The first-order chi connectivity index (χ1) is 11.7. The van der Waals surface area contributed by atoms with Gasteiger partial charge in [0.25, 0.3) is 0 Å². The third-order valence-corrected chi connectivity index (χ3v) is 4.16. The molecule has 0 spiro atoms. The number of rotatable bonds is 8. The molecule has 1 N–H and O–H groups in total. The first-order valence-electron chi connectivity index (χ1n) is 8.19. The highest BCUT2D eigenvalue weighted by Crippen LogP contribution is 2.27. The van der Waals surface area contributed by atoms with Crippen molar-refractivity contribution in [3.05, 3.63) is 65.7 Å². The van der Waals surface area contributed by atoms with Gasteiger partial charge in [0.1, 0.15) is 11.9 Å². The van der Waals surface area contributed by atoms with Gasteiger partial charge in [0.2, 0.25) is 5.91 Å². The molecule has 2 atom stereocenters. The van der Waals surface area contributed by atoms with Crippen molar-refractivity contribution in [2.75, 3.05) is 20.8 Å². The van der Waals surface area contributed by atoms with Crippen LogP contribution in [0.15, 0.2) is 54.6 Å². The van der Waals surface area contributed by atoms with Gasteiger partial charge in [-0.1, -0.05) is 55.5 Å². The standard InChI is InChI=1S/C20H25NO3/c1-4-16(15-10-6-5-7-11-15)20(22)21-14-19(24-3)17-12-8-9-13-18(17)23-2/h5-13,16,19H,4,14H2,1-3H3,(H,21,22)/t16-,19+/m1/s1.